The third-order valence-electron chi connectivity index (χ3n) is 13.6. The van der Waals surface area contributed by atoms with Crippen molar-refractivity contribution in [3.63, 3.8) is 0 Å². The van der Waals surface area contributed by atoms with Gasteiger partial charge in [-0.1, -0.05) is 110 Å². The Labute approximate surface area is 255 Å². The fraction of sp³-hybridized carbons (Fsp3) is 0.744. The Kier molecular flexibility index (Phi) is 8.98. The summed E-state index contributed by atoms with van der Waals surface area (Å²) in [6, 6.07) is 8.83. The van der Waals surface area contributed by atoms with Gasteiger partial charge in [0.15, 0.2) is 0 Å². The summed E-state index contributed by atoms with van der Waals surface area (Å²) in [5.41, 5.74) is 7.45. The summed E-state index contributed by atoms with van der Waals surface area (Å²) >= 11 is 0. The molecule has 1 nitrogen and oxygen atoms in total. The molecule has 5 rings (SSSR count). The van der Waals surface area contributed by atoms with Crippen LogP contribution < -0.4 is 0 Å². The first-order valence-electron chi connectivity index (χ1n) is 17.5. The predicted molar refractivity (Wildman–Crippen MR) is 180 cm³/mol. The van der Waals surface area contributed by atoms with Gasteiger partial charge >= 0.3 is 0 Å². The lowest BCUT2D eigenvalue weighted by atomic mass is 9.47. The highest BCUT2D eigenvalue weighted by Gasteiger charge is 2.59. The average Bonchev–Trinajstić information content (AvgIpc) is 3.28. The summed E-state index contributed by atoms with van der Waals surface area (Å²) in [6.07, 6.45) is 19.0. The highest BCUT2D eigenvalue weighted by atomic mass is 28.4. The van der Waals surface area contributed by atoms with E-state index in [0.29, 0.717) is 39.5 Å². The zero-order valence-corrected chi connectivity index (χ0v) is 29.3. The lowest BCUT2D eigenvalue weighted by molar-refractivity contribution is -0.0533. The average molecular weight is 575 g/mol. The molecule has 0 heterocycles. The molecule has 0 spiro atoms. The number of rotatable bonds is 8. The molecule has 0 aliphatic heterocycles. The maximum atomic E-state index is 7.37. The van der Waals surface area contributed by atoms with Gasteiger partial charge in [0.1, 0.15) is 0 Å². The third-order valence-corrected chi connectivity index (χ3v) is 19.8. The molecule has 3 fully saturated rings. The van der Waals surface area contributed by atoms with Crippen molar-refractivity contribution in [2.24, 2.45) is 40.4 Å². The number of allylic oxidation sites excluding steroid dienone is 2. The van der Waals surface area contributed by atoms with Crippen LogP contribution in [0.15, 0.2) is 42.0 Å². The Bertz CT molecular complexity index is 1110. The Morgan fingerprint density at radius 3 is 2.20 bits per heavy atom. The van der Waals surface area contributed by atoms with Crippen molar-refractivity contribution in [1.82, 2.24) is 0 Å². The topological polar surface area (TPSA) is 9.23 Å². The summed E-state index contributed by atoms with van der Waals surface area (Å²) in [6.45, 7) is 24.8. The van der Waals surface area contributed by atoms with Crippen LogP contribution >= 0.6 is 0 Å². The quantitative estimate of drug-likeness (QED) is 0.222. The predicted octanol–water partition coefficient (Wildman–Crippen LogP) is 11.8. The first kappa shape index (κ1) is 31.3. The number of hydrogen-bond acceptors (Lipinski definition) is 1. The van der Waals surface area contributed by atoms with E-state index in [1.54, 1.807) is 5.57 Å². The minimum atomic E-state index is -1.84. The standard InChI is InChI=1S/C39H62OSi/c1-26(2)41(27(3)4,28(5)6)40-33-21-23-38(9)32(25-33)17-18-34-36-20-19-35(39(36,10)24-22-37(34)38)30(8)15-16-31-14-12-11-13-29(31)7/h11-17,26-28,30,33-37H,18-25H2,1-10H3/b16-15+/t30-,33+,34+,35-,36+,37+,38+,39-/m1/s1. The van der Waals surface area contributed by atoms with Gasteiger partial charge in [-0.3, -0.25) is 0 Å². The van der Waals surface area contributed by atoms with Crippen molar-refractivity contribution < 1.29 is 4.43 Å². The SMILES string of the molecule is Cc1ccccc1/C=C/[C@@H](C)[C@H]1CC[C@H]2[C@@H]3CC=C4C[C@@H](O[Si](C(C)C)(C(C)C)C(C)C)CC[C@]4(C)[C@H]3CC[C@]12C. The van der Waals surface area contributed by atoms with Crippen molar-refractivity contribution in [2.45, 2.75) is 143 Å². The van der Waals surface area contributed by atoms with Crippen molar-refractivity contribution in [3.05, 3.63) is 53.1 Å². The largest absolute Gasteiger partial charge is 0.413 e. The van der Waals surface area contributed by atoms with Crippen LogP contribution in [0.2, 0.25) is 16.6 Å². The number of aryl methyl sites for hydroxylation is 1. The fourth-order valence-corrected chi connectivity index (χ4v) is 17.1. The number of fused-ring (bicyclic) bond motifs is 5. The van der Waals surface area contributed by atoms with E-state index in [2.05, 4.69) is 112 Å². The Hall–Kier alpha value is -1.12. The normalized spacial score (nSPS) is 36.4. The zero-order chi connectivity index (χ0) is 29.7. The van der Waals surface area contributed by atoms with Crippen LogP contribution in [0.25, 0.3) is 6.08 Å². The molecule has 4 aliphatic rings. The highest BCUT2D eigenvalue weighted by Crippen LogP contribution is 2.67. The van der Waals surface area contributed by atoms with Crippen molar-refractivity contribution >= 4 is 14.4 Å². The van der Waals surface area contributed by atoms with Crippen LogP contribution in [0.3, 0.4) is 0 Å². The number of benzene rings is 1. The van der Waals surface area contributed by atoms with Crippen LogP contribution in [-0.4, -0.2) is 14.4 Å². The second kappa shape index (κ2) is 11.8. The summed E-state index contributed by atoms with van der Waals surface area (Å²) < 4.78 is 7.37. The summed E-state index contributed by atoms with van der Waals surface area (Å²) in [5, 5.41) is 0. The van der Waals surface area contributed by atoms with Gasteiger partial charge in [0, 0.05) is 6.10 Å². The summed E-state index contributed by atoms with van der Waals surface area (Å²) in [5.74, 6) is 4.11. The molecule has 8 atom stereocenters. The molecule has 0 radical (unpaired) electrons. The van der Waals surface area contributed by atoms with Gasteiger partial charge in [0.25, 0.3) is 0 Å². The second-order valence-corrected chi connectivity index (χ2v) is 21.8. The second-order valence-electron chi connectivity index (χ2n) is 16.4. The molecule has 1 aromatic rings. The smallest absolute Gasteiger partial charge is 0.200 e. The van der Waals surface area contributed by atoms with Gasteiger partial charge in [-0.15, -0.1) is 0 Å². The molecular formula is C39H62OSi. The molecule has 0 saturated heterocycles. The lowest BCUT2D eigenvalue weighted by Gasteiger charge is -2.59. The maximum absolute atomic E-state index is 7.37. The van der Waals surface area contributed by atoms with Gasteiger partial charge in [-0.05, 0) is 126 Å². The summed E-state index contributed by atoms with van der Waals surface area (Å²) in [4.78, 5) is 0. The zero-order valence-electron chi connectivity index (χ0n) is 28.3. The molecule has 0 amide bonds. The van der Waals surface area contributed by atoms with Crippen LogP contribution in [0.4, 0.5) is 0 Å². The first-order chi connectivity index (χ1) is 19.3. The van der Waals surface area contributed by atoms with Gasteiger partial charge in [0.05, 0.1) is 0 Å². The minimum absolute atomic E-state index is 0.399. The van der Waals surface area contributed by atoms with E-state index >= 15 is 0 Å². The molecular weight excluding hydrogens is 513 g/mol. The van der Waals surface area contributed by atoms with E-state index in [0.717, 1.165) is 23.7 Å². The molecule has 1 aromatic carbocycles. The van der Waals surface area contributed by atoms with Crippen LogP contribution in [0.5, 0.6) is 0 Å². The summed E-state index contributed by atoms with van der Waals surface area (Å²) in [7, 11) is -1.84. The van der Waals surface area contributed by atoms with Crippen molar-refractivity contribution in [2.75, 3.05) is 0 Å². The monoisotopic (exact) mass is 574 g/mol. The minimum Gasteiger partial charge on any atom is -0.413 e. The number of hydrogen-bond donors (Lipinski definition) is 0. The van der Waals surface area contributed by atoms with Crippen LogP contribution in [-0.2, 0) is 4.43 Å². The van der Waals surface area contributed by atoms with Gasteiger partial charge < -0.3 is 4.43 Å². The maximum Gasteiger partial charge on any atom is 0.200 e. The Morgan fingerprint density at radius 2 is 1.54 bits per heavy atom. The van der Waals surface area contributed by atoms with Crippen molar-refractivity contribution in [1.29, 1.82) is 0 Å². The molecule has 41 heavy (non-hydrogen) atoms. The van der Waals surface area contributed by atoms with Gasteiger partial charge in [-0.25, -0.2) is 0 Å². The van der Waals surface area contributed by atoms with E-state index in [9.17, 15) is 0 Å². The molecule has 0 N–H and O–H groups in total. The first-order valence-corrected chi connectivity index (χ1v) is 19.6. The van der Waals surface area contributed by atoms with Gasteiger partial charge in [0.2, 0.25) is 8.32 Å². The Balaban J connectivity index is 1.31. The lowest BCUT2D eigenvalue weighted by Crippen LogP contribution is -2.53. The Morgan fingerprint density at radius 1 is 0.854 bits per heavy atom. The van der Waals surface area contributed by atoms with E-state index in [-0.39, 0.29) is 0 Å². The molecule has 2 heteroatoms. The van der Waals surface area contributed by atoms with E-state index in [4.69, 9.17) is 4.43 Å². The highest BCUT2D eigenvalue weighted by molar-refractivity contribution is 6.77. The molecule has 228 valence electrons. The van der Waals surface area contributed by atoms with E-state index in [1.807, 2.05) is 0 Å². The van der Waals surface area contributed by atoms with Crippen LogP contribution in [0, 0.1) is 47.3 Å². The van der Waals surface area contributed by atoms with Gasteiger partial charge in [-0.2, -0.15) is 0 Å². The third kappa shape index (κ3) is 5.30. The van der Waals surface area contributed by atoms with Crippen LogP contribution in [0.1, 0.15) is 125 Å². The molecule has 4 aliphatic carbocycles. The molecule has 0 aromatic heterocycles. The van der Waals surface area contributed by atoms with Crippen molar-refractivity contribution in [3.8, 4) is 0 Å². The molecule has 0 unspecified atom stereocenters. The van der Waals surface area contributed by atoms with E-state index in [1.165, 1.54) is 62.5 Å². The molecule has 3 saturated carbocycles. The molecule has 0 bridgehead atoms. The fourth-order valence-electron chi connectivity index (χ4n) is 11.5. The van der Waals surface area contributed by atoms with E-state index < -0.39 is 8.32 Å².